The average Bonchev–Trinajstić information content (AvgIpc) is 2.35. The van der Waals surface area contributed by atoms with E-state index in [0.717, 1.165) is 6.07 Å². The smallest absolute Gasteiger partial charge is 0.335 e. The molecule has 0 aliphatic carbocycles. The minimum absolute atomic E-state index is 0.123. The van der Waals surface area contributed by atoms with Crippen LogP contribution in [-0.2, 0) is 4.74 Å². The molecule has 0 unspecified atom stereocenters. The summed E-state index contributed by atoms with van der Waals surface area (Å²) in [6.45, 7) is 4.12. The Morgan fingerprint density at radius 2 is 1.60 bits per heavy atom. The number of methoxy groups -OCH3 is 1. The van der Waals surface area contributed by atoms with Crippen molar-refractivity contribution < 1.29 is 29.3 Å². The minimum Gasteiger partial charge on any atom is -0.488 e. The van der Waals surface area contributed by atoms with Gasteiger partial charge in [-0.3, -0.25) is 0 Å². The van der Waals surface area contributed by atoms with Crippen molar-refractivity contribution in [1.82, 2.24) is 0 Å². The molecule has 0 bridgehead atoms. The Hall–Kier alpha value is -2.08. The second-order valence-electron chi connectivity index (χ2n) is 4.96. The fourth-order valence-electron chi connectivity index (χ4n) is 1.62. The molecule has 2 N–H and O–H groups in total. The molecule has 0 atom stereocenters. The van der Waals surface area contributed by atoms with Crippen molar-refractivity contribution in [2.75, 3.05) is 13.7 Å². The van der Waals surface area contributed by atoms with Gasteiger partial charge in [0.05, 0.1) is 11.1 Å². The molecular formula is C14H18O6. The molecule has 0 radical (unpaired) electrons. The van der Waals surface area contributed by atoms with Crippen LogP contribution in [0.5, 0.6) is 5.75 Å². The molecule has 6 heteroatoms. The lowest BCUT2D eigenvalue weighted by Gasteiger charge is -2.26. The number of hydrogen-bond acceptors (Lipinski definition) is 4. The maximum atomic E-state index is 11.0. The molecule has 0 aliphatic rings. The maximum Gasteiger partial charge on any atom is 0.335 e. The first-order valence-electron chi connectivity index (χ1n) is 6.05. The van der Waals surface area contributed by atoms with Crippen molar-refractivity contribution in [3.63, 3.8) is 0 Å². The van der Waals surface area contributed by atoms with Crippen LogP contribution in [-0.4, -0.2) is 41.5 Å². The Morgan fingerprint density at radius 1 is 1.10 bits per heavy atom. The summed E-state index contributed by atoms with van der Waals surface area (Å²) < 4.78 is 10.6. The van der Waals surface area contributed by atoms with Crippen LogP contribution in [0.1, 0.15) is 41.0 Å². The summed E-state index contributed by atoms with van der Waals surface area (Å²) in [7, 11) is 1.57. The van der Waals surface area contributed by atoms with Crippen molar-refractivity contribution in [3.8, 4) is 5.75 Å². The Labute approximate surface area is 116 Å². The predicted molar refractivity (Wildman–Crippen MR) is 71.6 cm³/mol. The van der Waals surface area contributed by atoms with E-state index in [1.54, 1.807) is 7.11 Å². The van der Waals surface area contributed by atoms with Gasteiger partial charge in [0.1, 0.15) is 11.4 Å². The van der Waals surface area contributed by atoms with E-state index in [-0.39, 0.29) is 16.9 Å². The van der Waals surface area contributed by atoms with Crippen LogP contribution in [0, 0.1) is 0 Å². The van der Waals surface area contributed by atoms with Crippen LogP contribution in [0.25, 0.3) is 0 Å². The zero-order valence-electron chi connectivity index (χ0n) is 11.7. The summed E-state index contributed by atoms with van der Waals surface area (Å²) in [4.78, 5) is 22.0. The molecule has 1 rings (SSSR count). The molecule has 0 amide bonds. The Morgan fingerprint density at radius 3 is 2.00 bits per heavy atom. The van der Waals surface area contributed by atoms with Gasteiger partial charge in [0.15, 0.2) is 0 Å². The van der Waals surface area contributed by atoms with Crippen molar-refractivity contribution in [2.45, 2.75) is 25.9 Å². The third-order valence-corrected chi connectivity index (χ3v) is 2.70. The van der Waals surface area contributed by atoms with Crippen LogP contribution in [0.2, 0.25) is 0 Å². The van der Waals surface area contributed by atoms with Gasteiger partial charge in [0, 0.05) is 20.1 Å². The zero-order chi connectivity index (χ0) is 15.3. The van der Waals surface area contributed by atoms with Crippen LogP contribution in [0.15, 0.2) is 18.2 Å². The van der Waals surface area contributed by atoms with E-state index in [4.69, 9.17) is 19.7 Å². The molecule has 0 saturated heterocycles. The molecule has 0 fully saturated rings. The summed E-state index contributed by atoms with van der Waals surface area (Å²) in [6, 6.07) is 3.71. The third kappa shape index (κ3) is 4.55. The molecule has 1 aromatic carbocycles. The summed E-state index contributed by atoms with van der Waals surface area (Å²) in [6.07, 6.45) is 0.587. The fourth-order valence-corrected chi connectivity index (χ4v) is 1.62. The van der Waals surface area contributed by atoms with Gasteiger partial charge in [-0.1, -0.05) is 0 Å². The number of aromatic carboxylic acids is 2. The van der Waals surface area contributed by atoms with Gasteiger partial charge >= 0.3 is 11.9 Å². The van der Waals surface area contributed by atoms with Gasteiger partial charge in [-0.25, -0.2) is 9.59 Å². The third-order valence-electron chi connectivity index (χ3n) is 2.70. The minimum atomic E-state index is -1.20. The highest BCUT2D eigenvalue weighted by molar-refractivity contribution is 5.94. The van der Waals surface area contributed by atoms with E-state index in [1.807, 2.05) is 13.8 Å². The highest BCUT2D eigenvalue weighted by Crippen LogP contribution is 2.24. The van der Waals surface area contributed by atoms with E-state index in [0.29, 0.717) is 13.0 Å². The molecule has 0 saturated carbocycles. The first kappa shape index (κ1) is 16.0. The molecular weight excluding hydrogens is 264 g/mol. The number of carbonyl (C=O) groups is 2. The van der Waals surface area contributed by atoms with Crippen LogP contribution >= 0.6 is 0 Å². The molecule has 6 nitrogen and oxygen atoms in total. The van der Waals surface area contributed by atoms with Crippen molar-refractivity contribution in [2.24, 2.45) is 0 Å². The quantitative estimate of drug-likeness (QED) is 0.797. The summed E-state index contributed by atoms with van der Waals surface area (Å²) in [5, 5.41) is 18.0. The van der Waals surface area contributed by atoms with Gasteiger partial charge in [-0.15, -0.1) is 0 Å². The van der Waals surface area contributed by atoms with E-state index in [9.17, 15) is 9.59 Å². The first-order chi connectivity index (χ1) is 9.25. The second-order valence-corrected chi connectivity index (χ2v) is 4.96. The highest BCUT2D eigenvalue weighted by atomic mass is 16.5. The van der Waals surface area contributed by atoms with Crippen molar-refractivity contribution in [3.05, 3.63) is 29.3 Å². The second kappa shape index (κ2) is 6.38. The van der Waals surface area contributed by atoms with Gasteiger partial charge in [-0.2, -0.15) is 0 Å². The van der Waals surface area contributed by atoms with Gasteiger partial charge < -0.3 is 19.7 Å². The van der Waals surface area contributed by atoms with Crippen LogP contribution in [0.4, 0.5) is 0 Å². The monoisotopic (exact) mass is 282 g/mol. The lowest BCUT2D eigenvalue weighted by atomic mass is 10.1. The molecule has 0 heterocycles. The fraction of sp³-hybridized carbons (Fsp3) is 0.429. The Balaban J connectivity index is 3.05. The van der Waals surface area contributed by atoms with E-state index in [2.05, 4.69) is 0 Å². The van der Waals surface area contributed by atoms with Crippen LogP contribution < -0.4 is 4.74 Å². The molecule has 110 valence electrons. The number of rotatable bonds is 7. The summed E-state index contributed by atoms with van der Waals surface area (Å²) in [5.41, 5.74) is -0.840. The van der Waals surface area contributed by atoms with Gasteiger partial charge in [0.25, 0.3) is 0 Å². The highest BCUT2D eigenvalue weighted by Gasteiger charge is 2.21. The average molecular weight is 282 g/mol. The number of carboxylic acid groups (broad SMARTS) is 2. The Kier molecular flexibility index (Phi) is 5.10. The lowest BCUT2D eigenvalue weighted by molar-refractivity contribution is 0.0607. The SMILES string of the molecule is COCCC(C)(C)Oc1cc(C(=O)O)cc(C(=O)O)c1. The molecule has 0 spiro atoms. The molecule has 20 heavy (non-hydrogen) atoms. The zero-order valence-corrected chi connectivity index (χ0v) is 11.7. The van der Waals surface area contributed by atoms with Crippen molar-refractivity contribution in [1.29, 1.82) is 0 Å². The van der Waals surface area contributed by atoms with E-state index >= 15 is 0 Å². The largest absolute Gasteiger partial charge is 0.488 e. The van der Waals surface area contributed by atoms with E-state index < -0.39 is 17.5 Å². The van der Waals surface area contributed by atoms with E-state index in [1.165, 1.54) is 12.1 Å². The first-order valence-corrected chi connectivity index (χ1v) is 6.05. The van der Waals surface area contributed by atoms with Gasteiger partial charge in [0.2, 0.25) is 0 Å². The molecule has 0 aromatic heterocycles. The predicted octanol–water partition coefficient (Wildman–Crippen LogP) is 2.28. The number of carboxylic acids is 2. The maximum absolute atomic E-state index is 11.0. The standard InChI is InChI=1S/C14H18O6/c1-14(2,4-5-19-3)20-11-7-9(12(15)16)6-10(8-11)13(17)18/h6-8H,4-5H2,1-3H3,(H,15,16)(H,17,18). The number of benzene rings is 1. The summed E-state index contributed by atoms with van der Waals surface area (Å²) >= 11 is 0. The van der Waals surface area contributed by atoms with Gasteiger partial charge in [-0.05, 0) is 32.0 Å². The summed E-state index contributed by atoms with van der Waals surface area (Å²) in [5.74, 6) is -2.19. The number of hydrogen-bond donors (Lipinski definition) is 2. The molecule has 1 aromatic rings. The topological polar surface area (TPSA) is 93.1 Å². The molecule has 0 aliphatic heterocycles. The lowest BCUT2D eigenvalue weighted by Crippen LogP contribution is -2.30. The normalized spacial score (nSPS) is 11.2. The van der Waals surface area contributed by atoms with Crippen LogP contribution in [0.3, 0.4) is 0 Å². The Bertz CT molecular complexity index is 474. The number of ether oxygens (including phenoxy) is 2. The van der Waals surface area contributed by atoms with Crippen molar-refractivity contribution >= 4 is 11.9 Å².